The maximum absolute atomic E-state index is 3.93. The third-order valence-electron chi connectivity index (χ3n) is 3.17. The van der Waals surface area contributed by atoms with E-state index in [4.69, 9.17) is 0 Å². The molecular weight excluding hydrogens is 188 g/mol. The number of aromatic amines is 1. The van der Waals surface area contributed by atoms with Gasteiger partial charge in [-0.1, -0.05) is 6.92 Å². The van der Waals surface area contributed by atoms with Crippen molar-refractivity contribution in [3.8, 4) is 0 Å². The second-order valence-electron chi connectivity index (χ2n) is 4.16. The monoisotopic (exact) mass is 208 g/mol. The highest BCUT2D eigenvalue weighted by atomic mass is 15.2. The van der Waals surface area contributed by atoms with Crippen molar-refractivity contribution in [2.24, 2.45) is 0 Å². The van der Waals surface area contributed by atoms with Gasteiger partial charge in [0.15, 0.2) is 0 Å². The van der Waals surface area contributed by atoms with Gasteiger partial charge in [0.1, 0.15) is 0 Å². The van der Waals surface area contributed by atoms with E-state index in [2.05, 4.69) is 27.3 Å². The van der Waals surface area contributed by atoms with Gasteiger partial charge in [-0.3, -0.25) is 10.00 Å². The predicted octanol–water partition coefficient (Wildman–Crippen LogP) is 0.984. The van der Waals surface area contributed by atoms with Gasteiger partial charge >= 0.3 is 0 Å². The van der Waals surface area contributed by atoms with E-state index in [9.17, 15) is 0 Å². The van der Waals surface area contributed by atoms with Crippen LogP contribution >= 0.6 is 0 Å². The van der Waals surface area contributed by atoms with Gasteiger partial charge in [-0.2, -0.15) is 5.10 Å². The van der Waals surface area contributed by atoms with E-state index < -0.39 is 0 Å². The van der Waals surface area contributed by atoms with Crippen LogP contribution in [0.15, 0.2) is 12.4 Å². The van der Waals surface area contributed by atoms with E-state index in [1.807, 2.05) is 12.4 Å². The summed E-state index contributed by atoms with van der Waals surface area (Å²) in [6.07, 6.45) is 6.51. The molecule has 1 aliphatic rings. The highest BCUT2D eigenvalue weighted by molar-refractivity contribution is 5.01. The van der Waals surface area contributed by atoms with Crippen molar-refractivity contribution >= 4 is 0 Å². The van der Waals surface area contributed by atoms with Crippen LogP contribution in [-0.2, 0) is 6.54 Å². The van der Waals surface area contributed by atoms with Crippen LogP contribution in [0.4, 0.5) is 0 Å². The van der Waals surface area contributed by atoms with Crippen LogP contribution in [0.2, 0.25) is 0 Å². The summed E-state index contributed by atoms with van der Waals surface area (Å²) in [4.78, 5) is 2.56. The van der Waals surface area contributed by atoms with Crippen molar-refractivity contribution in [2.45, 2.75) is 32.4 Å². The SMILES string of the molecule is CCN1CCCC1CNCc1cn[nH]c1. The van der Waals surface area contributed by atoms with E-state index in [0.717, 1.165) is 19.1 Å². The minimum atomic E-state index is 0.738. The molecule has 0 bridgehead atoms. The third kappa shape index (κ3) is 2.79. The lowest BCUT2D eigenvalue weighted by Gasteiger charge is -2.22. The Morgan fingerprint density at radius 3 is 3.33 bits per heavy atom. The number of hydrogen-bond acceptors (Lipinski definition) is 3. The zero-order valence-electron chi connectivity index (χ0n) is 9.37. The third-order valence-corrected chi connectivity index (χ3v) is 3.17. The molecule has 1 saturated heterocycles. The lowest BCUT2D eigenvalue weighted by atomic mass is 10.2. The molecule has 1 aromatic heterocycles. The highest BCUT2D eigenvalue weighted by Crippen LogP contribution is 2.15. The average molecular weight is 208 g/mol. The Morgan fingerprint density at radius 2 is 2.60 bits per heavy atom. The Labute approximate surface area is 91.1 Å². The lowest BCUT2D eigenvalue weighted by Crippen LogP contribution is -2.37. The molecule has 4 nitrogen and oxygen atoms in total. The van der Waals surface area contributed by atoms with E-state index in [1.165, 1.54) is 31.5 Å². The largest absolute Gasteiger partial charge is 0.311 e. The second-order valence-corrected chi connectivity index (χ2v) is 4.16. The topological polar surface area (TPSA) is 44.0 Å². The molecule has 2 N–H and O–H groups in total. The lowest BCUT2D eigenvalue weighted by molar-refractivity contribution is 0.260. The fourth-order valence-corrected chi connectivity index (χ4v) is 2.30. The summed E-state index contributed by atoms with van der Waals surface area (Å²) in [5.74, 6) is 0. The molecule has 84 valence electrons. The molecule has 0 radical (unpaired) electrons. The fraction of sp³-hybridized carbons (Fsp3) is 0.727. The Morgan fingerprint density at radius 1 is 1.67 bits per heavy atom. The smallest absolute Gasteiger partial charge is 0.0532 e. The first kappa shape index (κ1) is 10.6. The summed E-state index contributed by atoms with van der Waals surface area (Å²) >= 11 is 0. The number of likely N-dealkylation sites (N-methyl/N-ethyl adjacent to an activating group) is 1. The molecule has 1 unspecified atom stereocenters. The maximum atomic E-state index is 3.93. The fourth-order valence-electron chi connectivity index (χ4n) is 2.30. The molecule has 0 aromatic carbocycles. The second kappa shape index (κ2) is 5.28. The van der Waals surface area contributed by atoms with Crippen LogP contribution < -0.4 is 5.32 Å². The quantitative estimate of drug-likeness (QED) is 0.758. The Hall–Kier alpha value is -0.870. The van der Waals surface area contributed by atoms with E-state index in [-0.39, 0.29) is 0 Å². The predicted molar refractivity (Wildman–Crippen MR) is 60.6 cm³/mol. The van der Waals surface area contributed by atoms with Crippen LogP contribution in [0, 0.1) is 0 Å². The average Bonchev–Trinajstić information content (AvgIpc) is 2.88. The number of nitrogens with one attached hydrogen (secondary N) is 2. The van der Waals surface area contributed by atoms with Gasteiger partial charge in [0.25, 0.3) is 0 Å². The van der Waals surface area contributed by atoms with Crippen molar-refractivity contribution in [1.82, 2.24) is 20.4 Å². The number of nitrogens with zero attached hydrogens (tertiary/aromatic N) is 2. The Bertz CT molecular complexity index is 270. The summed E-state index contributed by atoms with van der Waals surface area (Å²) < 4.78 is 0. The number of aromatic nitrogens is 2. The van der Waals surface area contributed by atoms with Gasteiger partial charge < -0.3 is 5.32 Å². The van der Waals surface area contributed by atoms with Gasteiger partial charge in [-0.05, 0) is 25.9 Å². The van der Waals surface area contributed by atoms with Gasteiger partial charge in [-0.15, -0.1) is 0 Å². The molecular formula is C11H20N4. The normalized spacial score (nSPS) is 22.3. The molecule has 1 aromatic rings. The molecule has 1 aliphatic heterocycles. The van der Waals surface area contributed by atoms with Gasteiger partial charge in [0.2, 0.25) is 0 Å². The van der Waals surface area contributed by atoms with Crippen molar-refractivity contribution < 1.29 is 0 Å². The first-order valence-electron chi connectivity index (χ1n) is 5.82. The van der Waals surface area contributed by atoms with Gasteiger partial charge in [-0.25, -0.2) is 0 Å². The number of likely N-dealkylation sites (tertiary alicyclic amines) is 1. The van der Waals surface area contributed by atoms with Crippen LogP contribution in [0.3, 0.4) is 0 Å². The standard InChI is InChI=1S/C11H20N4/c1-2-15-5-3-4-11(15)9-12-6-10-7-13-14-8-10/h7-8,11-12H,2-6,9H2,1H3,(H,13,14). The molecule has 0 saturated carbocycles. The Kier molecular flexibility index (Phi) is 3.75. The number of H-pyrrole nitrogens is 1. The first-order valence-corrected chi connectivity index (χ1v) is 5.82. The molecule has 2 rings (SSSR count). The molecule has 4 heteroatoms. The first-order chi connectivity index (χ1) is 7.40. The molecule has 0 amide bonds. The summed E-state index contributed by atoms with van der Waals surface area (Å²) in [6, 6.07) is 0.738. The van der Waals surface area contributed by atoms with E-state index in [1.54, 1.807) is 0 Å². The molecule has 0 spiro atoms. The highest BCUT2D eigenvalue weighted by Gasteiger charge is 2.21. The summed E-state index contributed by atoms with van der Waals surface area (Å²) in [5.41, 5.74) is 1.23. The molecule has 1 atom stereocenters. The van der Waals surface area contributed by atoms with Gasteiger partial charge in [0.05, 0.1) is 6.20 Å². The summed E-state index contributed by atoms with van der Waals surface area (Å²) in [6.45, 7) is 6.71. The molecule has 0 aliphatic carbocycles. The molecule has 15 heavy (non-hydrogen) atoms. The van der Waals surface area contributed by atoms with E-state index in [0.29, 0.717) is 0 Å². The van der Waals surface area contributed by atoms with Crippen molar-refractivity contribution in [3.05, 3.63) is 18.0 Å². The van der Waals surface area contributed by atoms with Crippen molar-refractivity contribution in [3.63, 3.8) is 0 Å². The zero-order valence-corrected chi connectivity index (χ0v) is 9.37. The number of rotatable bonds is 5. The molecule has 2 heterocycles. The minimum Gasteiger partial charge on any atom is -0.311 e. The Balaban J connectivity index is 1.69. The minimum absolute atomic E-state index is 0.738. The van der Waals surface area contributed by atoms with Crippen LogP contribution in [0.25, 0.3) is 0 Å². The van der Waals surface area contributed by atoms with Crippen LogP contribution in [0.5, 0.6) is 0 Å². The van der Waals surface area contributed by atoms with Crippen molar-refractivity contribution in [2.75, 3.05) is 19.6 Å². The molecule has 1 fully saturated rings. The van der Waals surface area contributed by atoms with Gasteiger partial charge in [0, 0.05) is 30.9 Å². The summed E-state index contributed by atoms with van der Waals surface area (Å²) in [7, 11) is 0. The number of hydrogen-bond donors (Lipinski definition) is 2. The van der Waals surface area contributed by atoms with Crippen LogP contribution in [0.1, 0.15) is 25.3 Å². The van der Waals surface area contributed by atoms with Crippen molar-refractivity contribution in [1.29, 1.82) is 0 Å². The maximum Gasteiger partial charge on any atom is 0.0532 e. The zero-order chi connectivity index (χ0) is 10.5. The van der Waals surface area contributed by atoms with Crippen LogP contribution in [-0.4, -0.2) is 40.8 Å². The van der Waals surface area contributed by atoms with E-state index >= 15 is 0 Å². The summed E-state index contributed by atoms with van der Waals surface area (Å²) in [5, 5.41) is 10.2.